The van der Waals surface area contributed by atoms with Crippen LogP contribution in [0, 0.1) is 0 Å². The molecule has 2 N–H and O–H groups in total. The zero-order chi connectivity index (χ0) is 14.7. The fraction of sp³-hybridized carbons (Fsp3) is 0.0667. The molecular weight excluding hydrogens is 304 g/mol. The van der Waals surface area contributed by atoms with E-state index in [1.807, 2.05) is 42.5 Å². The monoisotopic (exact) mass is 316 g/mol. The Balaban J connectivity index is 1.78. The Morgan fingerprint density at radius 1 is 1.00 bits per heavy atom. The van der Waals surface area contributed by atoms with Gasteiger partial charge in [-0.2, -0.15) is 0 Å². The van der Waals surface area contributed by atoms with Crippen molar-refractivity contribution in [3.63, 3.8) is 0 Å². The van der Waals surface area contributed by atoms with Gasteiger partial charge in [0.15, 0.2) is 5.82 Å². The standard InChI is InChI=1S/C15H13ClN4S/c16-13-8-6-12(7-9-13)14-18-19-15(20(14)17)21-10-11-4-2-1-3-5-11/h1-9H,10,17H2. The Morgan fingerprint density at radius 2 is 1.71 bits per heavy atom. The number of aromatic nitrogens is 3. The van der Waals surface area contributed by atoms with Gasteiger partial charge in [-0.25, -0.2) is 4.68 Å². The van der Waals surface area contributed by atoms with Gasteiger partial charge in [0.05, 0.1) is 0 Å². The summed E-state index contributed by atoms with van der Waals surface area (Å²) in [5.74, 6) is 7.50. The minimum atomic E-state index is 0.627. The summed E-state index contributed by atoms with van der Waals surface area (Å²) in [5.41, 5.74) is 2.11. The van der Waals surface area contributed by atoms with Crippen molar-refractivity contribution in [2.45, 2.75) is 10.9 Å². The zero-order valence-corrected chi connectivity index (χ0v) is 12.7. The van der Waals surface area contributed by atoms with E-state index in [1.54, 1.807) is 11.8 Å². The smallest absolute Gasteiger partial charge is 0.210 e. The fourth-order valence-corrected chi connectivity index (χ4v) is 2.83. The highest BCUT2D eigenvalue weighted by molar-refractivity contribution is 7.98. The van der Waals surface area contributed by atoms with E-state index in [0.717, 1.165) is 11.3 Å². The van der Waals surface area contributed by atoms with Crippen LogP contribution in [0.15, 0.2) is 59.8 Å². The van der Waals surface area contributed by atoms with E-state index in [-0.39, 0.29) is 0 Å². The average molecular weight is 317 g/mol. The molecule has 0 unspecified atom stereocenters. The number of nitrogens with zero attached hydrogens (tertiary/aromatic N) is 3. The van der Waals surface area contributed by atoms with Crippen molar-refractivity contribution in [1.29, 1.82) is 0 Å². The third-order valence-electron chi connectivity index (χ3n) is 2.98. The molecule has 106 valence electrons. The molecule has 0 amide bonds. The summed E-state index contributed by atoms with van der Waals surface area (Å²) in [4.78, 5) is 0. The van der Waals surface area contributed by atoms with Gasteiger partial charge in [0, 0.05) is 16.3 Å². The van der Waals surface area contributed by atoms with Crippen LogP contribution in [0.25, 0.3) is 11.4 Å². The highest BCUT2D eigenvalue weighted by Gasteiger charge is 2.12. The number of nitrogen functional groups attached to an aromatic ring is 1. The summed E-state index contributed by atoms with van der Waals surface area (Å²) in [6.07, 6.45) is 0. The van der Waals surface area contributed by atoms with Gasteiger partial charge < -0.3 is 5.84 Å². The molecule has 0 atom stereocenters. The highest BCUT2D eigenvalue weighted by atomic mass is 35.5. The van der Waals surface area contributed by atoms with Crippen LogP contribution in [0.1, 0.15) is 5.56 Å². The van der Waals surface area contributed by atoms with Gasteiger partial charge in [-0.15, -0.1) is 10.2 Å². The molecule has 0 aliphatic carbocycles. The Morgan fingerprint density at radius 3 is 2.43 bits per heavy atom. The molecule has 3 rings (SSSR count). The second kappa shape index (κ2) is 6.20. The first kappa shape index (κ1) is 14.0. The Kier molecular flexibility index (Phi) is 4.13. The van der Waals surface area contributed by atoms with E-state index in [2.05, 4.69) is 22.3 Å². The molecule has 0 bridgehead atoms. The normalized spacial score (nSPS) is 10.7. The molecule has 0 radical (unpaired) electrons. The van der Waals surface area contributed by atoms with E-state index in [0.29, 0.717) is 16.0 Å². The van der Waals surface area contributed by atoms with Crippen LogP contribution in [0.4, 0.5) is 0 Å². The van der Waals surface area contributed by atoms with Crippen LogP contribution >= 0.6 is 23.4 Å². The number of halogens is 1. The molecule has 0 saturated heterocycles. The molecule has 21 heavy (non-hydrogen) atoms. The summed E-state index contributed by atoms with van der Waals surface area (Å²) in [5, 5.41) is 9.66. The van der Waals surface area contributed by atoms with Gasteiger partial charge >= 0.3 is 0 Å². The molecule has 0 aliphatic heterocycles. The fourth-order valence-electron chi connectivity index (χ4n) is 1.89. The molecular formula is C15H13ClN4S. The minimum Gasteiger partial charge on any atom is -0.335 e. The number of nitrogens with two attached hydrogens (primary N) is 1. The van der Waals surface area contributed by atoms with Crippen LogP contribution in [0.3, 0.4) is 0 Å². The summed E-state index contributed by atoms with van der Waals surface area (Å²) in [7, 11) is 0. The Labute approximate surface area is 131 Å². The summed E-state index contributed by atoms with van der Waals surface area (Å²) in [6, 6.07) is 17.5. The molecule has 0 saturated carbocycles. The van der Waals surface area contributed by atoms with Crippen molar-refractivity contribution < 1.29 is 0 Å². The van der Waals surface area contributed by atoms with Gasteiger partial charge in [-0.3, -0.25) is 0 Å². The van der Waals surface area contributed by atoms with Crippen LogP contribution in [0.5, 0.6) is 0 Å². The molecule has 1 heterocycles. The largest absolute Gasteiger partial charge is 0.335 e. The lowest BCUT2D eigenvalue weighted by Gasteiger charge is -2.04. The minimum absolute atomic E-state index is 0.627. The van der Waals surface area contributed by atoms with Crippen molar-refractivity contribution in [3.05, 3.63) is 65.2 Å². The van der Waals surface area contributed by atoms with Gasteiger partial charge in [0.1, 0.15) is 0 Å². The molecule has 1 aromatic heterocycles. The molecule has 0 fully saturated rings. The third-order valence-corrected chi connectivity index (χ3v) is 4.24. The number of thioether (sulfide) groups is 1. The Bertz CT molecular complexity index is 725. The molecule has 3 aromatic rings. The van der Waals surface area contributed by atoms with Crippen molar-refractivity contribution in [3.8, 4) is 11.4 Å². The van der Waals surface area contributed by atoms with Gasteiger partial charge in [0.25, 0.3) is 0 Å². The van der Waals surface area contributed by atoms with Crippen LogP contribution < -0.4 is 5.84 Å². The van der Waals surface area contributed by atoms with E-state index >= 15 is 0 Å². The maximum atomic E-state index is 6.08. The molecule has 0 spiro atoms. The van der Waals surface area contributed by atoms with Crippen molar-refractivity contribution in [2.75, 3.05) is 5.84 Å². The van der Waals surface area contributed by atoms with Crippen molar-refractivity contribution >= 4 is 23.4 Å². The molecule has 0 aliphatic rings. The molecule has 6 heteroatoms. The number of hydrogen-bond acceptors (Lipinski definition) is 4. The third kappa shape index (κ3) is 3.20. The van der Waals surface area contributed by atoms with Gasteiger partial charge in [0.2, 0.25) is 5.16 Å². The number of benzene rings is 2. The average Bonchev–Trinajstić information content (AvgIpc) is 2.88. The zero-order valence-electron chi connectivity index (χ0n) is 11.1. The summed E-state index contributed by atoms with van der Waals surface area (Å²) >= 11 is 7.44. The SMILES string of the molecule is Nn1c(SCc2ccccc2)nnc1-c1ccc(Cl)cc1. The predicted octanol–water partition coefficient (Wildman–Crippen LogP) is 3.60. The lowest BCUT2D eigenvalue weighted by atomic mass is 10.2. The van der Waals surface area contributed by atoms with Crippen molar-refractivity contribution in [1.82, 2.24) is 14.9 Å². The van der Waals surface area contributed by atoms with Crippen LogP contribution in [-0.4, -0.2) is 14.9 Å². The summed E-state index contributed by atoms with van der Waals surface area (Å²) in [6.45, 7) is 0. The Hall–Kier alpha value is -1.98. The van der Waals surface area contributed by atoms with Crippen LogP contribution in [0.2, 0.25) is 5.02 Å². The second-order valence-corrected chi connectivity index (χ2v) is 5.84. The van der Waals surface area contributed by atoms with E-state index < -0.39 is 0 Å². The highest BCUT2D eigenvalue weighted by Crippen LogP contribution is 2.25. The number of hydrogen-bond donors (Lipinski definition) is 1. The summed E-state index contributed by atoms with van der Waals surface area (Å²) < 4.78 is 1.51. The van der Waals surface area contributed by atoms with E-state index in [1.165, 1.54) is 10.2 Å². The maximum absolute atomic E-state index is 6.08. The topological polar surface area (TPSA) is 56.7 Å². The van der Waals surface area contributed by atoms with E-state index in [9.17, 15) is 0 Å². The lowest BCUT2D eigenvalue weighted by Crippen LogP contribution is -2.11. The predicted molar refractivity (Wildman–Crippen MR) is 86.6 cm³/mol. The first-order valence-corrected chi connectivity index (χ1v) is 7.73. The van der Waals surface area contributed by atoms with Gasteiger partial charge in [-0.05, 0) is 29.8 Å². The first-order valence-electron chi connectivity index (χ1n) is 6.37. The number of rotatable bonds is 4. The van der Waals surface area contributed by atoms with Crippen LogP contribution in [-0.2, 0) is 5.75 Å². The van der Waals surface area contributed by atoms with Gasteiger partial charge in [-0.1, -0.05) is 53.7 Å². The van der Waals surface area contributed by atoms with E-state index in [4.69, 9.17) is 17.4 Å². The first-order chi connectivity index (χ1) is 10.2. The molecule has 4 nitrogen and oxygen atoms in total. The van der Waals surface area contributed by atoms with Crippen molar-refractivity contribution in [2.24, 2.45) is 0 Å². The quantitative estimate of drug-likeness (QED) is 0.590. The lowest BCUT2D eigenvalue weighted by molar-refractivity contribution is 0.849. The second-order valence-electron chi connectivity index (χ2n) is 4.46. The maximum Gasteiger partial charge on any atom is 0.210 e. The molecule has 2 aromatic carbocycles.